The molecule has 1 saturated heterocycles. The lowest BCUT2D eigenvalue weighted by atomic mass is 10.1. The molecular formula is C21H25ClN2O3S. The maximum Gasteiger partial charge on any atom is 0.255 e. The topological polar surface area (TPSA) is 57.7 Å². The van der Waals surface area contributed by atoms with Crippen LogP contribution in [0.25, 0.3) is 0 Å². The number of hydrogen-bond donors (Lipinski definition) is 0. The summed E-state index contributed by atoms with van der Waals surface area (Å²) in [4.78, 5) is 14.6. The van der Waals surface area contributed by atoms with Crippen molar-refractivity contribution < 1.29 is 13.2 Å². The van der Waals surface area contributed by atoms with Gasteiger partial charge in [0.15, 0.2) is 0 Å². The van der Waals surface area contributed by atoms with Crippen LogP contribution in [0.15, 0.2) is 47.4 Å². The van der Waals surface area contributed by atoms with Crippen LogP contribution in [0.5, 0.6) is 0 Å². The van der Waals surface area contributed by atoms with Gasteiger partial charge < -0.3 is 4.90 Å². The largest absolute Gasteiger partial charge is 0.337 e. The molecule has 1 amide bonds. The number of amides is 1. The summed E-state index contributed by atoms with van der Waals surface area (Å²) in [5.41, 5.74) is 2.35. The zero-order valence-corrected chi connectivity index (χ0v) is 17.8. The van der Waals surface area contributed by atoms with Gasteiger partial charge in [-0.3, -0.25) is 4.79 Å². The molecule has 3 rings (SSSR count). The Hall–Kier alpha value is -1.89. The Bertz CT molecular complexity index is 952. The third kappa shape index (κ3) is 4.57. The molecule has 0 aromatic heterocycles. The molecule has 5 nitrogen and oxygen atoms in total. The number of piperidine rings is 1. The number of rotatable bonds is 5. The van der Waals surface area contributed by atoms with E-state index in [4.69, 9.17) is 11.6 Å². The Balaban J connectivity index is 1.84. The zero-order valence-electron chi connectivity index (χ0n) is 16.2. The van der Waals surface area contributed by atoms with Crippen LogP contribution in [0.3, 0.4) is 0 Å². The summed E-state index contributed by atoms with van der Waals surface area (Å²) in [6.45, 7) is 3.45. The van der Waals surface area contributed by atoms with E-state index in [0.29, 0.717) is 19.6 Å². The van der Waals surface area contributed by atoms with Gasteiger partial charge in [0.05, 0.1) is 15.5 Å². The number of hydrogen-bond acceptors (Lipinski definition) is 3. The lowest BCUT2D eigenvalue weighted by Crippen LogP contribution is -2.35. The highest BCUT2D eigenvalue weighted by Gasteiger charge is 2.27. The second kappa shape index (κ2) is 8.64. The molecule has 0 atom stereocenters. The van der Waals surface area contributed by atoms with Crippen molar-refractivity contribution in [1.29, 1.82) is 0 Å². The first-order valence-corrected chi connectivity index (χ1v) is 11.2. The van der Waals surface area contributed by atoms with E-state index < -0.39 is 10.0 Å². The molecule has 0 bridgehead atoms. The Kier molecular flexibility index (Phi) is 6.43. The van der Waals surface area contributed by atoms with Gasteiger partial charge in [-0.15, -0.1) is 0 Å². The third-order valence-electron chi connectivity index (χ3n) is 5.01. The first-order chi connectivity index (χ1) is 13.3. The summed E-state index contributed by atoms with van der Waals surface area (Å²) in [6.07, 6.45) is 2.76. The van der Waals surface area contributed by atoms with Crippen molar-refractivity contribution in [1.82, 2.24) is 9.21 Å². The van der Waals surface area contributed by atoms with E-state index in [1.165, 1.54) is 22.5 Å². The molecule has 0 saturated carbocycles. The fraction of sp³-hybridized carbons (Fsp3) is 0.381. The van der Waals surface area contributed by atoms with Crippen molar-refractivity contribution in [2.45, 2.75) is 37.6 Å². The first kappa shape index (κ1) is 20.8. The van der Waals surface area contributed by atoms with Crippen LogP contribution in [-0.2, 0) is 16.6 Å². The standard InChI is InChI=1S/C21H25ClN2O3S/c1-16-6-8-17(9-7-16)15-23(2)21(25)19-14-18(10-11-20(19)22)28(26,27)24-12-4-3-5-13-24/h6-11,14H,3-5,12-13,15H2,1-2H3. The lowest BCUT2D eigenvalue weighted by molar-refractivity contribution is 0.0785. The van der Waals surface area contributed by atoms with E-state index in [1.807, 2.05) is 31.2 Å². The van der Waals surface area contributed by atoms with Crippen LogP contribution >= 0.6 is 11.6 Å². The molecular weight excluding hydrogens is 396 g/mol. The molecule has 0 N–H and O–H groups in total. The smallest absolute Gasteiger partial charge is 0.255 e. The number of sulfonamides is 1. The van der Waals surface area contributed by atoms with Crippen molar-refractivity contribution in [2.75, 3.05) is 20.1 Å². The van der Waals surface area contributed by atoms with Crippen molar-refractivity contribution >= 4 is 27.5 Å². The molecule has 1 heterocycles. The van der Waals surface area contributed by atoms with Gasteiger partial charge in [0.1, 0.15) is 0 Å². The van der Waals surface area contributed by atoms with Gasteiger partial charge in [0.2, 0.25) is 10.0 Å². The number of benzene rings is 2. The highest BCUT2D eigenvalue weighted by molar-refractivity contribution is 7.89. The second-order valence-electron chi connectivity index (χ2n) is 7.25. The van der Waals surface area contributed by atoms with Gasteiger partial charge in [-0.2, -0.15) is 4.31 Å². The zero-order chi connectivity index (χ0) is 20.3. The van der Waals surface area contributed by atoms with Crippen molar-refractivity contribution in [3.63, 3.8) is 0 Å². The number of carbonyl (C=O) groups is 1. The number of carbonyl (C=O) groups excluding carboxylic acids is 1. The molecule has 0 aliphatic carbocycles. The van der Waals surface area contributed by atoms with Gasteiger partial charge in [-0.1, -0.05) is 47.9 Å². The Morgan fingerprint density at radius 2 is 1.71 bits per heavy atom. The number of nitrogens with zero attached hydrogens (tertiary/aromatic N) is 2. The highest BCUT2D eigenvalue weighted by Crippen LogP contribution is 2.26. The summed E-state index contributed by atoms with van der Waals surface area (Å²) >= 11 is 6.24. The third-order valence-corrected chi connectivity index (χ3v) is 7.23. The summed E-state index contributed by atoms with van der Waals surface area (Å²) in [5, 5.41) is 0.248. The normalized spacial score (nSPS) is 15.4. The molecule has 0 unspecified atom stereocenters. The van der Waals surface area contributed by atoms with Crippen LogP contribution < -0.4 is 0 Å². The highest BCUT2D eigenvalue weighted by atomic mass is 35.5. The van der Waals surface area contributed by atoms with E-state index in [1.54, 1.807) is 11.9 Å². The van der Waals surface area contributed by atoms with Crippen LogP contribution in [0, 0.1) is 6.92 Å². The molecule has 0 spiro atoms. The van der Waals surface area contributed by atoms with E-state index in [2.05, 4.69) is 0 Å². The van der Waals surface area contributed by atoms with Gasteiger partial charge in [-0.25, -0.2) is 8.42 Å². The minimum atomic E-state index is -3.62. The average Bonchev–Trinajstić information content (AvgIpc) is 2.70. The van der Waals surface area contributed by atoms with Crippen LogP contribution in [-0.4, -0.2) is 43.7 Å². The molecule has 1 aliphatic rings. The first-order valence-electron chi connectivity index (χ1n) is 9.40. The SMILES string of the molecule is Cc1ccc(CN(C)C(=O)c2cc(S(=O)(=O)N3CCCCC3)ccc2Cl)cc1. The monoisotopic (exact) mass is 420 g/mol. The van der Waals surface area contributed by atoms with Gasteiger partial charge in [0.25, 0.3) is 5.91 Å². The fourth-order valence-corrected chi connectivity index (χ4v) is 5.07. The summed E-state index contributed by atoms with van der Waals surface area (Å²) in [7, 11) is -1.94. The maximum atomic E-state index is 12.9. The van der Waals surface area contributed by atoms with Crippen molar-refractivity contribution in [3.05, 3.63) is 64.2 Å². The molecule has 2 aromatic carbocycles. The van der Waals surface area contributed by atoms with E-state index >= 15 is 0 Å². The number of aryl methyl sites for hydroxylation is 1. The fourth-order valence-electron chi connectivity index (χ4n) is 3.33. The van der Waals surface area contributed by atoms with Crippen LogP contribution in [0.1, 0.15) is 40.7 Å². The molecule has 2 aromatic rings. The summed E-state index contributed by atoms with van der Waals surface area (Å²) in [6, 6.07) is 12.3. The minimum Gasteiger partial charge on any atom is -0.337 e. The van der Waals surface area contributed by atoms with E-state index in [0.717, 1.165) is 30.4 Å². The predicted octanol–water partition coefficient (Wildman–Crippen LogP) is 4.10. The van der Waals surface area contributed by atoms with Gasteiger partial charge >= 0.3 is 0 Å². The predicted molar refractivity (Wildman–Crippen MR) is 111 cm³/mol. The van der Waals surface area contributed by atoms with E-state index in [9.17, 15) is 13.2 Å². The Morgan fingerprint density at radius 3 is 2.36 bits per heavy atom. The quantitative estimate of drug-likeness (QED) is 0.731. The summed E-state index contributed by atoms with van der Waals surface area (Å²) < 4.78 is 27.3. The summed E-state index contributed by atoms with van der Waals surface area (Å²) in [5.74, 6) is -0.304. The average molecular weight is 421 g/mol. The van der Waals surface area contributed by atoms with Crippen molar-refractivity contribution in [2.24, 2.45) is 0 Å². The second-order valence-corrected chi connectivity index (χ2v) is 9.60. The molecule has 150 valence electrons. The molecule has 28 heavy (non-hydrogen) atoms. The van der Waals surface area contributed by atoms with Crippen LogP contribution in [0.2, 0.25) is 5.02 Å². The van der Waals surface area contributed by atoms with Crippen LogP contribution in [0.4, 0.5) is 0 Å². The maximum absolute atomic E-state index is 12.9. The Morgan fingerprint density at radius 1 is 1.07 bits per heavy atom. The van der Waals surface area contributed by atoms with Gasteiger partial charge in [-0.05, 0) is 43.5 Å². The van der Waals surface area contributed by atoms with Gasteiger partial charge in [0, 0.05) is 26.7 Å². The molecule has 1 fully saturated rings. The number of halogens is 1. The molecule has 7 heteroatoms. The molecule has 1 aliphatic heterocycles. The Labute approximate surface area is 172 Å². The van der Waals surface area contributed by atoms with E-state index in [-0.39, 0.29) is 21.4 Å². The lowest BCUT2D eigenvalue weighted by Gasteiger charge is -2.26. The van der Waals surface area contributed by atoms with Crippen molar-refractivity contribution in [3.8, 4) is 0 Å². The minimum absolute atomic E-state index is 0.117. The molecule has 0 radical (unpaired) electrons.